The molecule has 1 aromatic rings. The number of hydrogen-bond donors (Lipinski definition) is 1. The highest BCUT2D eigenvalue weighted by Gasteiger charge is 2.18. The first-order valence-electron chi connectivity index (χ1n) is 5.88. The predicted molar refractivity (Wildman–Crippen MR) is 62.2 cm³/mol. The molecule has 0 saturated carbocycles. The second-order valence-electron chi connectivity index (χ2n) is 4.45. The van der Waals surface area contributed by atoms with Crippen LogP contribution in [0.25, 0.3) is 0 Å². The molecule has 1 aromatic heterocycles. The van der Waals surface area contributed by atoms with E-state index in [9.17, 15) is 0 Å². The lowest BCUT2D eigenvalue weighted by molar-refractivity contribution is 0.106. The van der Waals surface area contributed by atoms with Gasteiger partial charge in [0, 0.05) is 18.0 Å². The van der Waals surface area contributed by atoms with Gasteiger partial charge in [-0.05, 0) is 18.5 Å². The molecule has 0 bridgehead atoms. The topological polar surface area (TPSA) is 61.0 Å². The maximum Gasteiger partial charge on any atom is 0.131 e. The number of hydrogen-bond acceptors (Lipinski definition) is 4. The minimum Gasteiger partial charge on any atom is -0.375 e. The van der Waals surface area contributed by atoms with Gasteiger partial charge in [-0.25, -0.2) is 9.97 Å². The van der Waals surface area contributed by atoms with E-state index in [4.69, 9.17) is 10.5 Å². The molecule has 88 valence electrons. The normalized spacial score (nSPS) is 15.2. The van der Waals surface area contributed by atoms with Crippen molar-refractivity contribution in [3.05, 3.63) is 22.8 Å². The Hall–Kier alpha value is -1.00. The Labute approximate surface area is 96.2 Å². The van der Waals surface area contributed by atoms with Gasteiger partial charge in [0.05, 0.1) is 18.9 Å². The summed E-state index contributed by atoms with van der Waals surface area (Å²) in [6, 6.07) is 0. The molecule has 1 aliphatic rings. The lowest BCUT2D eigenvalue weighted by Gasteiger charge is -2.20. The van der Waals surface area contributed by atoms with Crippen molar-refractivity contribution in [1.29, 1.82) is 0 Å². The maximum atomic E-state index is 5.63. The van der Waals surface area contributed by atoms with Gasteiger partial charge in [0.2, 0.25) is 0 Å². The highest BCUT2D eigenvalue weighted by molar-refractivity contribution is 5.28. The van der Waals surface area contributed by atoms with E-state index < -0.39 is 0 Å². The van der Waals surface area contributed by atoms with Crippen molar-refractivity contribution in [2.45, 2.75) is 39.2 Å². The van der Waals surface area contributed by atoms with Crippen molar-refractivity contribution in [2.75, 3.05) is 13.2 Å². The van der Waals surface area contributed by atoms with Gasteiger partial charge in [-0.1, -0.05) is 13.8 Å². The summed E-state index contributed by atoms with van der Waals surface area (Å²) >= 11 is 0. The Morgan fingerprint density at radius 2 is 2.19 bits per heavy atom. The second kappa shape index (κ2) is 4.89. The average molecular weight is 221 g/mol. The van der Waals surface area contributed by atoms with Crippen LogP contribution in [0.3, 0.4) is 0 Å². The smallest absolute Gasteiger partial charge is 0.131 e. The fourth-order valence-corrected chi connectivity index (χ4v) is 1.96. The van der Waals surface area contributed by atoms with E-state index in [-0.39, 0.29) is 0 Å². The molecule has 16 heavy (non-hydrogen) atoms. The summed E-state index contributed by atoms with van der Waals surface area (Å²) in [5.41, 5.74) is 9.08. The first-order chi connectivity index (χ1) is 7.72. The van der Waals surface area contributed by atoms with Crippen LogP contribution in [0.2, 0.25) is 0 Å². The summed E-state index contributed by atoms with van der Waals surface area (Å²) in [5.74, 6) is 1.26. The van der Waals surface area contributed by atoms with Crippen LogP contribution in [0.5, 0.6) is 0 Å². The molecule has 0 aliphatic carbocycles. The van der Waals surface area contributed by atoms with Crippen molar-refractivity contribution < 1.29 is 4.74 Å². The molecular weight excluding hydrogens is 202 g/mol. The van der Waals surface area contributed by atoms with Crippen molar-refractivity contribution >= 4 is 0 Å². The van der Waals surface area contributed by atoms with E-state index in [2.05, 4.69) is 23.8 Å². The summed E-state index contributed by atoms with van der Waals surface area (Å²) < 4.78 is 5.44. The second-order valence-corrected chi connectivity index (χ2v) is 4.45. The standard InChI is InChI=1S/C12H19N3O/c1-8(2)12-14-10(3-5-13)9-4-6-16-7-11(9)15-12/h8H,3-7,13H2,1-2H3. The van der Waals surface area contributed by atoms with Gasteiger partial charge in [0.15, 0.2) is 0 Å². The molecule has 0 fully saturated rings. The first-order valence-corrected chi connectivity index (χ1v) is 5.88. The predicted octanol–water partition coefficient (Wildman–Crippen LogP) is 1.17. The Morgan fingerprint density at radius 1 is 1.38 bits per heavy atom. The molecule has 0 unspecified atom stereocenters. The van der Waals surface area contributed by atoms with Crippen molar-refractivity contribution in [3.63, 3.8) is 0 Å². The SMILES string of the molecule is CC(C)c1nc(CCN)c2c(n1)COCC2. The van der Waals surface area contributed by atoms with Crippen molar-refractivity contribution in [2.24, 2.45) is 5.73 Å². The Morgan fingerprint density at radius 3 is 2.88 bits per heavy atom. The van der Waals surface area contributed by atoms with E-state index in [0.717, 1.165) is 36.7 Å². The number of nitrogens with zero attached hydrogens (tertiary/aromatic N) is 2. The molecule has 0 spiro atoms. The summed E-state index contributed by atoms with van der Waals surface area (Å²) in [6.45, 7) is 6.25. The fraction of sp³-hybridized carbons (Fsp3) is 0.667. The summed E-state index contributed by atoms with van der Waals surface area (Å²) in [5, 5.41) is 0. The van der Waals surface area contributed by atoms with Crippen LogP contribution in [-0.4, -0.2) is 23.1 Å². The van der Waals surface area contributed by atoms with Gasteiger partial charge >= 0.3 is 0 Å². The average Bonchev–Trinajstić information content (AvgIpc) is 2.29. The quantitative estimate of drug-likeness (QED) is 0.832. The molecule has 2 rings (SSSR count). The molecule has 0 aromatic carbocycles. The molecule has 4 heteroatoms. The van der Waals surface area contributed by atoms with Crippen LogP contribution in [-0.2, 0) is 24.2 Å². The van der Waals surface area contributed by atoms with Crippen LogP contribution in [0, 0.1) is 0 Å². The molecule has 2 N–H and O–H groups in total. The summed E-state index contributed by atoms with van der Waals surface area (Å²) in [6.07, 6.45) is 1.76. The number of aromatic nitrogens is 2. The van der Waals surface area contributed by atoms with Gasteiger partial charge < -0.3 is 10.5 Å². The van der Waals surface area contributed by atoms with Gasteiger partial charge in [0.25, 0.3) is 0 Å². The molecule has 0 amide bonds. The summed E-state index contributed by atoms with van der Waals surface area (Å²) in [4.78, 5) is 9.21. The Kier molecular flexibility index (Phi) is 3.51. The highest BCUT2D eigenvalue weighted by atomic mass is 16.5. The van der Waals surface area contributed by atoms with E-state index in [1.807, 2.05) is 0 Å². The van der Waals surface area contributed by atoms with Crippen LogP contribution >= 0.6 is 0 Å². The van der Waals surface area contributed by atoms with Gasteiger partial charge in [0.1, 0.15) is 5.82 Å². The van der Waals surface area contributed by atoms with Crippen molar-refractivity contribution in [1.82, 2.24) is 9.97 Å². The largest absolute Gasteiger partial charge is 0.375 e. The number of ether oxygens (including phenoxy) is 1. The highest BCUT2D eigenvalue weighted by Crippen LogP contribution is 2.21. The number of fused-ring (bicyclic) bond motifs is 1. The third-order valence-electron chi connectivity index (χ3n) is 2.83. The number of nitrogens with two attached hydrogens (primary N) is 1. The lowest BCUT2D eigenvalue weighted by atomic mass is 10.0. The van der Waals surface area contributed by atoms with Crippen LogP contribution in [0.1, 0.15) is 42.5 Å². The zero-order valence-electron chi connectivity index (χ0n) is 9.99. The van der Waals surface area contributed by atoms with E-state index >= 15 is 0 Å². The molecular formula is C12H19N3O. The minimum absolute atomic E-state index is 0.351. The zero-order chi connectivity index (χ0) is 11.5. The maximum absolute atomic E-state index is 5.63. The third kappa shape index (κ3) is 2.23. The van der Waals surface area contributed by atoms with E-state index in [0.29, 0.717) is 19.1 Å². The van der Waals surface area contributed by atoms with Crippen LogP contribution < -0.4 is 5.73 Å². The van der Waals surface area contributed by atoms with Crippen molar-refractivity contribution in [3.8, 4) is 0 Å². The molecule has 2 heterocycles. The third-order valence-corrected chi connectivity index (χ3v) is 2.83. The molecule has 0 radical (unpaired) electrons. The van der Waals surface area contributed by atoms with E-state index in [1.54, 1.807) is 0 Å². The Balaban J connectivity index is 2.43. The van der Waals surface area contributed by atoms with Gasteiger partial charge in [-0.2, -0.15) is 0 Å². The van der Waals surface area contributed by atoms with E-state index in [1.165, 1.54) is 5.56 Å². The van der Waals surface area contributed by atoms with Gasteiger partial charge in [-0.15, -0.1) is 0 Å². The molecule has 4 nitrogen and oxygen atoms in total. The first kappa shape index (κ1) is 11.5. The Bertz CT molecular complexity index is 377. The number of rotatable bonds is 3. The molecule has 0 atom stereocenters. The molecule has 1 aliphatic heterocycles. The van der Waals surface area contributed by atoms with Gasteiger partial charge in [-0.3, -0.25) is 0 Å². The molecule has 0 saturated heterocycles. The monoisotopic (exact) mass is 221 g/mol. The fourth-order valence-electron chi connectivity index (χ4n) is 1.96. The van der Waals surface area contributed by atoms with Crippen LogP contribution in [0.4, 0.5) is 0 Å². The summed E-state index contributed by atoms with van der Waals surface area (Å²) in [7, 11) is 0. The zero-order valence-corrected chi connectivity index (χ0v) is 9.99. The minimum atomic E-state index is 0.351. The van der Waals surface area contributed by atoms with Crippen LogP contribution in [0.15, 0.2) is 0 Å². The lowest BCUT2D eigenvalue weighted by Crippen LogP contribution is -2.19.